The summed E-state index contributed by atoms with van der Waals surface area (Å²) in [6.07, 6.45) is 5.83. The van der Waals surface area contributed by atoms with E-state index in [0.29, 0.717) is 30.3 Å². The molecule has 0 bridgehead atoms. The van der Waals surface area contributed by atoms with Crippen LogP contribution in [0.1, 0.15) is 43.4 Å². The van der Waals surface area contributed by atoms with Crippen LogP contribution in [0.4, 0.5) is 11.8 Å². The van der Waals surface area contributed by atoms with Crippen molar-refractivity contribution in [2.45, 2.75) is 45.3 Å². The van der Waals surface area contributed by atoms with Gasteiger partial charge in [0.1, 0.15) is 17.5 Å². The minimum Gasteiger partial charge on any atom is -0.392 e. The number of aliphatic hydroxyl groups excluding tert-OH is 1. The van der Waals surface area contributed by atoms with Crippen molar-refractivity contribution in [2.24, 2.45) is 5.41 Å². The second kappa shape index (κ2) is 7.66. The molecular formula is C22H24ClN5O. The number of anilines is 2. The molecule has 3 N–H and O–H groups in total. The SMILES string of the molecule is CC1(C)[C@@H](O)C[C@H]1Nc1nc(NCCC2=CCc3cc(Cl)ccc32)ncc1C#N. The van der Waals surface area contributed by atoms with E-state index in [1.807, 2.05) is 26.0 Å². The van der Waals surface area contributed by atoms with Crippen LogP contribution < -0.4 is 10.6 Å². The van der Waals surface area contributed by atoms with Gasteiger partial charge in [-0.1, -0.05) is 37.6 Å². The third-order valence-electron chi connectivity index (χ3n) is 6.10. The van der Waals surface area contributed by atoms with Crippen LogP contribution >= 0.6 is 11.6 Å². The number of nitrogens with zero attached hydrogens (tertiary/aromatic N) is 3. The van der Waals surface area contributed by atoms with Crippen LogP contribution in [0.15, 0.2) is 30.5 Å². The molecule has 1 aromatic heterocycles. The lowest BCUT2D eigenvalue weighted by molar-refractivity contribution is -0.0511. The van der Waals surface area contributed by atoms with Crippen LogP contribution in [0.25, 0.3) is 5.57 Å². The number of allylic oxidation sites excluding steroid dienone is 1. The Labute approximate surface area is 175 Å². The van der Waals surface area contributed by atoms with Gasteiger partial charge in [-0.05, 0) is 48.1 Å². The van der Waals surface area contributed by atoms with Gasteiger partial charge < -0.3 is 15.7 Å². The van der Waals surface area contributed by atoms with Crippen LogP contribution in [-0.4, -0.2) is 33.8 Å². The molecule has 2 aliphatic rings. The highest BCUT2D eigenvalue weighted by molar-refractivity contribution is 6.30. The Morgan fingerprint density at radius 1 is 1.38 bits per heavy atom. The summed E-state index contributed by atoms with van der Waals surface area (Å²) in [6, 6.07) is 8.22. The summed E-state index contributed by atoms with van der Waals surface area (Å²) in [5.41, 5.74) is 3.96. The van der Waals surface area contributed by atoms with Crippen LogP contribution in [0.2, 0.25) is 5.02 Å². The topological polar surface area (TPSA) is 93.9 Å². The molecule has 2 aromatic rings. The molecule has 0 aliphatic heterocycles. The van der Waals surface area contributed by atoms with Gasteiger partial charge in [0.15, 0.2) is 0 Å². The van der Waals surface area contributed by atoms with Gasteiger partial charge in [-0.15, -0.1) is 0 Å². The maximum atomic E-state index is 9.95. The lowest BCUT2D eigenvalue weighted by atomic mass is 9.64. The Kier molecular flexibility index (Phi) is 5.20. The predicted molar refractivity (Wildman–Crippen MR) is 115 cm³/mol. The van der Waals surface area contributed by atoms with E-state index in [4.69, 9.17) is 11.6 Å². The first-order valence-corrected chi connectivity index (χ1v) is 10.2. The molecule has 6 nitrogen and oxygen atoms in total. The molecule has 2 atom stereocenters. The van der Waals surface area contributed by atoms with Crippen LogP contribution in [0.3, 0.4) is 0 Å². The van der Waals surface area contributed by atoms with Crippen LogP contribution in [0.5, 0.6) is 0 Å². The number of halogens is 1. The number of aliphatic hydroxyl groups is 1. The molecule has 1 heterocycles. The average molecular weight is 410 g/mol. The second-order valence-corrected chi connectivity index (χ2v) is 8.69. The molecule has 2 aliphatic carbocycles. The Morgan fingerprint density at radius 2 is 2.21 bits per heavy atom. The molecule has 4 rings (SSSR count). The fraction of sp³-hybridized carbons (Fsp3) is 0.409. The minimum absolute atomic E-state index is 0.0688. The number of aromatic nitrogens is 2. The highest BCUT2D eigenvalue weighted by Crippen LogP contribution is 2.42. The van der Waals surface area contributed by atoms with E-state index in [-0.39, 0.29) is 17.6 Å². The van der Waals surface area contributed by atoms with Gasteiger partial charge in [-0.25, -0.2) is 4.98 Å². The summed E-state index contributed by atoms with van der Waals surface area (Å²) >= 11 is 6.08. The largest absolute Gasteiger partial charge is 0.392 e. The van der Waals surface area contributed by atoms with Crippen molar-refractivity contribution < 1.29 is 5.11 Å². The Balaban J connectivity index is 1.40. The molecule has 1 saturated carbocycles. The number of rotatable bonds is 6. The predicted octanol–water partition coefficient (Wildman–Crippen LogP) is 4.01. The van der Waals surface area contributed by atoms with Gasteiger partial charge in [0.05, 0.1) is 12.3 Å². The molecule has 150 valence electrons. The zero-order valence-electron chi connectivity index (χ0n) is 16.5. The lowest BCUT2D eigenvalue weighted by Gasteiger charge is -2.49. The summed E-state index contributed by atoms with van der Waals surface area (Å²) in [5.74, 6) is 0.995. The smallest absolute Gasteiger partial charge is 0.224 e. The first-order valence-electron chi connectivity index (χ1n) is 9.82. The Bertz CT molecular complexity index is 1010. The van der Waals surface area contributed by atoms with Gasteiger partial charge in [0, 0.05) is 23.0 Å². The molecule has 0 spiro atoms. The van der Waals surface area contributed by atoms with Crippen molar-refractivity contribution in [3.63, 3.8) is 0 Å². The molecule has 29 heavy (non-hydrogen) atoms. The summed E-state index contributed by atoms with van der Waals surface area (Å²) in [6.45, 7) is 4.70. The molecule has 0 saturated heterocycles. The van der Waals surface area contributed by atoms with Crippen LogP contribution in [-0.2, 0) is 6.42 Å². The lowest BCUT2D eigenvalue weighted by Crippen LogP contribution is -2.57. The quantitative estimate of drug-likeness (QED) is 0.667. The van der Waals surface area contributed by atoms with E-state index < -0.39 is 0 Å². The first-order chi connectivity index (χ1) is 13.9. The van der Waals surface area contributed by atoms with E-state index in [1.54, 1.807) is 0 Å². The van der Waals surface area contributed by atoms with Gasteiger partial charge in [-0.3, -0.25) is 0 Å². The number of fused-ring (bicyclic) bond motifs is 1. The fourth-order valence-electron chi connectivity index (χ4n) is 3.90. The number of benzene rings is 1. The molecule has 1 fully saturated rings. The standard InChI is InChI=1S/C22H24ClN5O/c1-22(2)18(10-19(22)29)27-20-15(11-24)12-26-21(28-20)25-8-7-13-3-4-14-9-16(23)5-6-17(13)14/h3,5-6,9,12,18-19,29H,4,7-8,10H2,1-2H3,(H2,25,26,27,28)/t18-,19+/m1/s1. The summed E-state index contributed by atoms with van der Waals surface area (Å²) < 4.78 is 0. The molecule has 0 unspecified atom stereocenters. The molecule has 0 amide bonds. The molecule has 7 heteroatoms. The molecule has 1 aromatic carbocycles. The number of nitriles is 1. The van der Waals surface area contributed by atoms with Crippen molar-refractivity contribution in [2.75, 3.05) is 17.2 Å². The zero-order valence-corrected chi connectivity index (χ0v) is 17.3. The first kappa shape index (κ1) is 19.7. The number of hydrogen-bond acceptors (Lipinski definition) is 6. The summed E-state index contributed by atoms with van der Waals surface area (Å²) in [4.78, 5) is 8.76. The number of hydrogen-bond donors (Lipinski definition) is 3. The van der Waals surface area contributed by atoms with E-state index in [9.17, 15) is 10.4 Å². The van der Waals surface area contributed by atoms with E-state index in [2.05, 4.69) is 38.8 Å². The second-order valence-electron chi connectivity index (χ2n) is 8.25. The summed E-state index contributed by atoms with van der Waals surface area (Å²) in [7, 11) is 0. The maximum absolute atomic E-state index is 9.95. The summed E-state index contributed by atoms with van der Waals surface area (Å²) in [5, 5.41) is 26.7. The van der Waals surface area contributed by atoms with Crippen LogP contribution in [0, 0.1) is 16.7 Å². The van der Waals surface area contributed by atoms with Gasteiger partial charge in [0.25, 0.3) is 0 Å². The molecular weight excluding hydrogens is 386 g/mol. The normalized spacial score (nSPS) is 21.6. The highest BCUT2D eigenvalue weighted by atomic mass is 35.5. The van der Waals surface area contributed by atoms with Crippen molar-refractivity contribution >= 4 is 28.9 Å². The van der Waals surface area contributed by atoms with Crippen molar-refractivity contribution in [1.29, 1.82) is 5.26 Å². The van der Waals surface area contributed by atoms with E-state index >= 15 is 0 Å². The monoisotopic (exact) mass is 409 g/mol. The fourth-order valence-corrected chi connectivity index (χ4v) is 4.10. The Hall–Kier alpha value is -2.62. The van der Waals surface area contributed by atoms with Crippen molar-refractivity contribution in [3.05, 3.63) is 52.2 Å². The minimum atomic E-state index is -0.345. The van der Waals surface area contributed by atoms with Crippen molar-refractivity contribution in [1.82, 2.24) is 9.97 Å². The third-order valence-corrected chi connectivity index (χ3v) is 6.33. The third kappa shape index (κ3) is 3.81. The highest BCUT2D eigenvalue weighted by Gasteiger charge is 2.47. The number of nitrogens with one attached hydrogen (secondary N) is 2. The molecule has 0 radical (unpaired) electrons. The Morgan fingerprint density at radius 3 is 2.93 bits per heavy atom. The van der Waals surface area contributed by atoms with Crippen molar-refractivity contribution in [3.8, 4) is 6.07 Å². The van der Waals surface area contributed by atoms with Gasteiger partial charge in [0.2, 0.25) is 5.95 Å². The van der Waals surface area contributed by atoms with Gasteiger partial charge >= 0.3 is 0 Å². The zero-order chi connectivity index (χ0) is 20.6. The van der Waals surface area contributed by atoms with E-state index in [0.717, 1.165) is 17.9 Å². The average Bonchev–Trinajstić information content (AvgIpc) is 3.10. The van der Waals surface area contributed by atoms with E-state index in [1.165, 1.54) is 22.9 Å². The van der Waals surface area contributed by atoms with Gasteiger partial charge in [-0.2, -0.15) is 10.2 Å². The maximum Gasteiger partial charge on any atom is 0.224 e.